The summed E-state index contributed by atoms with van der Waals surface area (Å²) >= 11 is 0. The third-order valence-electron chi connectivity index (χ3n) is 3.14. The van der Waals surface area contributed by atoms with Crippen LogP contribution in [0.2, 0.25) is 0 Å². The summed E-state index contributed by atoms with van der Waals surface area (Å²) in [4.78, 5) is 0. The Labute approximate surface area is 91.4 Å². The van der Waals surface area contributed by atoms with Crippen molar-refractivity contribution in [1.29, 1.82) is 0 Å². The molecule has 0 amide bonds. The van der Waals surface area contributed by atoms with Gasteiger partial charge in [-0.1, -0.05) is 12.1 Å². The lowest BCUT2D eigenvalue weighted by Gasteiger charge is -2.14. The van der Waals surface area contributed by atoms with Gasteiger partial charge < -0.3 is 10.5 Å². The van der Waals surface area contributed by atoms with Gasteiger partial charge in [-0.25, -0.2) is 0 Å². The first kappa shape index (κ1) is 10.5. The summed E-state index contributed by atoms with van der Waals surface area (Å²) in [7, 11) is 0. The Morgan fingerprint density at radius 2 is 2.07 bits per heavy atom. The fourth-order valence-electron chi connectivity index (χ4n) is 1.69. The van der Waals surface area contributed by atoms with Gasteiger partial charge in [-0.05, 0) is 43.7 Å². The van der Waals surface area contributed by atoms with Gasteiger partial charge in [0.1, 0.15) is 5.75 Å². The number of nitrogens with two attached hydrogens (primary N) is 1. The zero-order valence-corrected chi connectivity index (χ0v) is 9.55. The highest BCUT2D eigenvalue weighted by Gasteiger charge is 2.22. The lowest BCUT2D eigenvalue weighted by molar-refractivity contribution is 0.294. The third kappa shape index (κ3) is 2.32. The van der Waals surface area contributed by atoms with E-state index >= 15 is 0 Å². The van der Waals surface area contributed by atoms with Crippen LogP contribution in [-0.4, -0.2) is 6.61 Å². The molecule has 15 heavy (non-hydrogen) atoms. The highest BCUT2D eigenvalue weighted by molar-refractivity contribution is 5.45. The van der Waals surface area contributed by atoms with Crippen molar-refractivity contribution >= 4 is 0 Å². The molecule has 2 N–H and O–H groups in total. The minimum absolute atomic E-state index is 0.557. The zero-order valence-electron chi connectivity index (χ0n) is 9.55. The number of aryl methyl sites for hydroxylation is 1. The van der Waals surface area contributed by atoms with Crippen LogP contribution in [0.15, 0.2) is 12.1 Å². The van der Waals surface area contributed by atoms with Crippen molar-refractivity contribution in [2.45, 2.75) is 33.2 Å². The van der Waals surface area contributed by atoms with E-state index in [1.165, 1.54) is 24.0 Å². The van der Waals surface area contributed by atoms with Crippen LogP contribution in [0.4, 0.5) is 0 Å². The molecular formula is C13H19NO. The number of hydrogen-bond acceptors (Lipinski definition) is 2. The number of ether oxygens (including phenoxy) is 1. The molecule has 1 saturated carbocycles. The van der Waals surface area contributed by atoms with Crippen molar-refractivity contribution in [2.24, 2.45) is 11.7 Å². The monoisotopic (exact) mass is 205 g/mol. The Balaban J connectivity index is 2.19. The topological polar surface area (TPSA) is 35.2 Å². The number of rotatable bonds is 4. The average molecular weight is 205 g/mol. The second kappa shape index (κ2) is 4.23. The van der Waals surface area contributed by atoms with E-state index in [-0.39, 0.29) is 0 Å². The van der Waals surface area contributed by atoms with Gasteiger partial charge in [0.05, 0.1) is 6.61 Å². The van der Waals surface area contributed by atoms with Gasteiger partial charge in [0.15, 0.2) is 0 Å². The highest BCUT2D eigenvalue weighted by Crippen LogP contribution is 2.32. The fraction of sp³-hybridized carbons (Fsp3) is 0.538. The molecule has 0 spiro atoms. The molecule has 0 aliphatic heterocycles. The zero-order chi connectivity index (χ0) is 10.8. The summed E-state index contributed by atoms with van der Waals surface area (Å²) in [6.45, 7) is 5.63. The molecule has 0 heterocycles. The van der Waals surface area contributed by atoms with Gasteiger partial charge in [-0.2, -0.15) is 0 Å². The molecular weight excluding hydrogens is 186 g/mol. The average Bonchev–Trinajstić information content (AvgIpc) is 3.04. The molecule has 0 bridgehead atoms. The summed E-state index contributed by atoms with van der Waals surface area (Å²) in [5.74, 6) is 1.81. The van der Waals surface area contributed by atoms with Gasteiger partial charge in [0.25, 0.3) is 0 Å². The maximum Gasteiger partial charge on any atom is 0.126 e. The van der Waals surface area contributed by atoms with Crippen LogP contribution in [0.3, 0.4) is 0 Å². The molecule has 2 heteroatoms. The van der Waals surface area contributed by atoms with Gasteiger partial charge in [0.2, 0.25) is 0 Å². The number of benzene rings is 1. The van der Waals surface area contributed by atoms with E-state index in [2.05, 4.69) is 26.0 Å². The van der Waals surface area contributed by atoms with Crippen molar-refractivity contribution in [3.8, 4) is 5.75 Å². The minimum Gasteiger partial charge on any atom is -0.493 e. The Bertz CT molecular complexity index is 356. The molecule has 1 fully saturated rings. The highest BCUT2D eigenvalue weighted by atomic mass is 16.5. The smallest absolute Gasteiger partial charge is 0.126 e. The molecule has 0 saturated heterocycles. The van der Waals surface area contributed by atoms with Crippen molar-refractivity contribution in [3.05, 3.63) is 28.8 Å². The third-order valence-corrected chi connectivity index (χ3v) is 3.14. The first-order valence-electron chi connectivity index (χ1n) is 5.64. The first-order valence-corrected chi connectivity index (χ1v) is 5.64. The summed E-state index contributed by atoms with van der Waals surface area (Å²) in [6, 6.07) is 4.19. The van der Waals surface area contributed by atoms with E-state index in [1.54, 1.807) is 0 Å². The van der Waals surface area contributed by atoms with E-state index in [9.17, 15) is 0 Å². The van der Waals surface area contributed by atoms with Crippen molar-refractivity contribution in [2.75, 3.05) is 6.61 Å². The molecule has 0 aromatic heterocycles. The van der Waals surface area contributed by atoms with Gasteiger partial charge in [-0.3, -0.25) is 0 Å². The molecule has 1 aliphatic carbocycles. The van der Waals surface area contributed by atoms with Gasteiger partial charge in [0, 0.05) is 12.1 Å². The second-order valence-corrected chi connectivity index (χ2v) is 4.45. The van der Waals surface area contributed by atoms with Crippen LogP contribution in [0.1, 0.15) is 29.5 Å². The van der Waals surface area contributed by atoms with E-state index < -0.39 is 0 Å². The van der Waals surface area contributed by atoms with Crippen LogP contribution < -0.4 is 10.5 Å². The minimum atomic E-state index is 0.557. The van der Waals surface area contributed by atoms with E-state index in [4.69, 9.17) is 10.5 Å². The normalized spacial score (nSPS) is 15.4. The molecule has 1 aromatic carbocycles. The van der Waals surface area contributed by atoms with Crippen LogP contribution in [0, 0.1) is 19.8 Å². The SMILES string of the molecule is Cc1ccc(CN)c(OCC2CC2)c1C. The molecule has 0 unspecified atom stereocenters. The van der Waals surface area contributed by atoms with Crippen molar-refractivity contribution < 1.29 is 4.74 Å². The molecule has 1 aliphatic rings. The Kier molecular flexibility index (Phi) is 2.96. The summed E-state index contributed by atoms with van der Waals surface area (Å²) in [5.41, 5.74) is 9.35. The van der Waals surface area contributed by atoms with Crippen molar-refractivity contribution in [1.82, 2.24) is 0 Å². The van der Waals surface area contributed by atoms with Crippen LogP contribution in [0.5, 0.6) is 5.75 Å². The van der Waals surface area contributed by atoms with Crippen LogP contribution in [-0.2, 0) is 6.54 Å². The predicted octanol–water partition coefficient (Wildman–Crippen LogP) is 2.55. The maximum atomic E-state index is 5.88. The quantitative estimate of drug-likeness (QED) is 0.820. The van der Waals surface area contributed by atoms with Crippen molar-refractivity contribution in [3.63, 3.8) is 0 Å². The molecule has 82 valence electrons. The van der Waals surface area contributed by atoms with Gasteiger partial charge in [-0.15, -0.1) is 0 Å². The van der Waals surface area contributed by atoms with E-state index in [1.807, 2.05) is 0 Å². The summed E-state index contributed by atoms with van der Waals surface area (Å²) < 4.78 is 5.88. The summed E-state index contributed by atoms with van der Waals surface area (Å²) in [5, 5.41) is 0. The van der Waals surface area contributed by atoms with Crippen LogP contribution in [0.25, 0.3) is 0 Å². The Hall–Kier alpha value is -1.02. The molecule has 0 atom stereocenters. The molecule has 2 nitrogen and oxygen atoms in total. The molecule has 0 radical (unpaired) electrons. The largest absolute Gasteiger partial charge is 0.493 e. The van der Waals surface area contributed by atoms with Gasteiger partial charge >= 0.3 is 0 Å². The fourth-order valence-corrected chi connectivity index (χ4v) is 1.69. The maximum absolute atomic E-state index is 5.88. The van der Waals surface area contributed by atoms with E-state index in [0.717, 1.165) is 23.8 Å². The Morgan fingerprint density at radius 1 is 1.33 bits per heavy atom. The van der Waals surface area contributed by atoms with E-state index in [0.29, 0.717) is 6.54 Å². The lowest BCUT2D eigenvalue weighted by atomic mass is 10.0. The Morgan fingerprint density at radius 3 is 2.67 bits per heavy atom. The molecule has 1 aromatic rings. The predicted molar refractivity (Wildman–Crippen MR) is 62.0 cm³/mol. The summed E-state index contributed by atoms with van der Waals surface area (Å²) in [6.07, 6.45) is 2.64. The first-order chi connectivity index (χ1) is 7.22. The van der Waals surface area contributed by atoms with Crippen LogP contribution >= 0.6 is 0 Å². The molecule has 2 rings (SSSR count). The number of hydrogen-bond donors (Lipinski definition) is 1. The second-order valence-electron chi connectivity index (χ2n) is 4.45. The lowest BCUT2D eigenvalue weighted by Crippen LogP contribution is -2.07. The standard InChI is InChI=1S/C13H19NO/c1-9-3-6-12(7-14)13(10(9)2)15-8-11-4-5-11/h3,6,11H,4-5,7-8,14H2,1-2H3.